The van der Waals surface area contributed by atoms with Crippen molar-refractivity contribution in [3.05, 3.63) is 17.5 Å². The van der Waals surface area contributed by atoms with Crippen LogP contribution in [-0.2, 0) is 12.8 Å². The van der Waals surface area contributed by atoms with Gasteiger partial charge in [0.25, 0.3) is 0 Å². The molecule has 0 aliphatic carbocycles. The topological polar surface area (TPSA) is 41.1 Å². The van der Waals surface area contributed by atoms with Crippen LogP contribution >= 0.6 is 0 Å². The molecule has 0 bridgehead atoms. The van der Waals surface area contributed by atoms with Gasteiger partial charge in [-0.1, -0.05) is 6.92 Å². The fourth-order valence-corrected chi connectivity index (χ4v) is 2.77. The van der Waals surface area contributed by atoms with Crippen molar-refractivity contribution in [1.82, 2.24) is 15.3 Å². The SMILES string of the molecule is CC1CCN(c2ncc3c(n2)CCNCC3)CC1. The van der Waals surface area contributed by atoms with E-state index in [1.165, 1.54) is 24.1 Å². The highest BCUT2D eigenvalue weighted by molar-refractivity contribution is 5.34. The summed E-state index contributed by atoms with van der Waals surface area (Å²) in [4.78, 5) is 11.7. The van der Waals surface area contributed by atoms with Crippen LogP contribution in [0.1, 0.15) is 31.0 Å². The van der Waals surface area contributed by atoms with Gasteiger partial charge in [-0.05, 0) is 37.3 Å². The Balaban J connectivity index is 1.79. The first-order valence-corrected chi connectivity index (χ1v) is 7.13. The lowest BCUT2D eigenvalue weighted by Gasteiger charge is -2.30. The van der Waals surface area contributed by atoms with Gasteiger partial charge in [0.05, 0.1) is 5.69 Å². The molecule has 1 aromatic rings. The van der Waals surface area contributed by atoms with E-state index in [0.717, 1.165) is 50.9 Å². The molecule has 2 aliphatic heterocycles. The van der Waals surface area contributed by atoms with E-state index in [2.05, 4.69) is 22.1 Å². The first-order chi connectivity index (χ1) is 8.83. The third-order valence-electron chi connectivity index (χ3n) is 4.12. The summed E-state index contributed by atoms with van der Waals surface area (Å²) in [5.41, 5.74) is 2.58. The number of hydrogen-bond donors (Lipinski definition) is 1. The second-order valence-electron chi connectivity index (χ2n) is 5.56. The van der Waals surface area contributed by atoms with Crippen LogP contribution in [0.3, 0.4) is 0 Å². The van der Waals surface area contributed by atoms with Gasteiger partial charge in [-0.2, -0.15) is 0 Å². The molecule has 1 N–H and O–H groups in total. The third kappa shape index (κ3) is 2.48. The molecule has 3 heterocycles. The fraction of sp³-hybridized carbons (Fsp3) is 0.714. The summed E-state index contributed by atoms with van der Waals surface area (Å²) in [6.45, 7) is 6.65. The quantitative estimate of drug-likeness (QED) is 0.813. The summed E-state index contributed by atoms with van der Waals surface area (Å²) >= 11 is 0. The Hall–Kier alpha value is -1.16. The minimum absolute atomic E-state index is 0.853. The number of fused-ring (bicyclic) bond motifs is 1. The zero-order valence-electron chi connectivity index (χ0n) is 11.2. The first-order valence-electron chi connectivity index (χ1n) is 7.13. The van der Waals surface area contributed by atoms with Gasteiger partial charge in [0.2, 0.25) is 5.95 Å². The van der Waals surface area contributed by atoms with Gasteiger partial charge in [-0.15, -0.1) is 0 Å². The van der Waals surface area contributed by atoms with E-state index >= 15 is 0 Å². The van der Waals surface area contributed by atoms with Gasteiger partial charge in [-0.25, -0.2) is 9.97 Å². The Morgan fingerprint density at radius 3 is 2.83 bits per heavy atom. The molecule has 18 heavy (non-hydrogen) atoms. The van der Waals surface area contributed by atoms with Gasteiger partial charge in [0.1, 0.15) is 0 Å². The summed E-state index contributed by atoms with van der Waals surface area (Å²) in [6, 6.07) is 0. The molecule has 0 spiro atoms. The molecular weight excluding hydrogens is 224 g/mol. The second kappa shape index (κ2) is 5.22. The van der Waals surface area contributed by atoms with Gasteiger partial charge >= 0.3 is 0 Å². The average Bonchev–Trinajstić information content (AvgIpc) is 2.64. The number of rotatable bonds is 1. The van der Waals surface area contributed by atoms with Gasteiger partial charge in [0.15, 0.2) is 0 Å². The van der Waals surface area contributed by atoms with Crippen molar-refractivity contribution in [3.63, 3.8) is 0 Å². The van der Waals surface area contributed by atoms with E-state index in [1.54, 1.807) is 0 Å². The van der Waals surface area contributed by atoms with E-state index in [0.29, 0.717) is 0 Å². The van der Waals surface area contributed by atoms with E-state index in [1.807, 2.05) is 6.20 Å². The zero-order valence-corrected chi connectivity index (χ0v) is 11.2. The largest absolute Gasteiger partial charge is 0.341 e. The molecule has 0 atom stereocenters. The molecule has 98 valence electrons. The maximum absolute atomic E-state index is 4.80. The Kier molecular flexibility index (Phi) is 3.46. The molecule has 0 unspecified atom stereocenters. The predicted octanol–water partition coefficient (Wildman–Crippen LogP) is 1.40. The monoisotopic (exact) mass is 246 g/mol. The van der Waals surface area contributed by atoms with Crippen LogP contribution in [-0.4, -0.2) is 36.1 Å². The highest BCUT2D eigenvalue weighted by Crippen LogP contribution is 2.21. The molecule has 4 heteroatoms. The van der Waals surface area contributed by atoms with Crippen LogP contribution in [0.4, 0.5) is 5.95 Å². The van der Waals surface area contributed by atoms with Crippen LogP contribution in [0, 0.1) is 5.92 Å². The number of aromatic nitrogens is 2. The lowest BCUT2D eigenvalue weighted by Crippen LogP contribution is -2.34. The van der Waals surface area contributed by atoms with Crippen molar-refractivity contribution in [3.8, 4) is 0 Å². The molecule has 4 nitrogen and oxygen atoms in total. The molecule has 3 rings (SSSR count). The Bertz CT molecular complexity index is 410. The molecule has 0 radical (unpaired) electrons. The maximum Gasteiger partial charge on any atom is 0.225 e. The predicted molar refractivity (Wildman–Crippen MR) is 72.9 cm³/mol. The highest BCUT2D eigenvalue weighted by Gasteiger charge is 2.19. The normalized spacial score (nSPS) is 21.5. The summed E-state index contributed by atoms with van der Waals surface area (Å²) in [6.07, 6.45) is 6.68. The lowest BCUT2D eigenvalue weighted by molar-refractivity contribution is 0.434. The Morgan fingerprint density at radius 2 is 2.00 bits per heavy atom. The van der Waals surface area contributed by atoms with Crippen LogP contribution in [0.25, 0.3) is 0 Å². The first kappa shape index (κ1) is 11.9. The average molecular weight is 246 g/mol. The highest BCUT2D eigenvalue weighted by atomic mass is 15.3. The molecule has 1 saturated heterocycles. The summed E-state index contributed by atoms with van der Waals surface area (Å²) in [7, 11) is 0. The van der Waals surface area contributed by atoms with Crippen molar-refractivity contribution < 1.29 is 0 Å². The second-order valence-corrected chi connectivity index (χ2v) is 5.56. The fourth-order valence-electron chi connectivity index (χ4n) is 2.77. The van der Waals surface area contributed by atoms with E-state index in [4.69, 9.17) is 4.98 Å². The van der Waals surface area contributed by atoms with Gasteiger partial charge in [0, 0.05) is 32.3 Å². The lowest BCUT2D eigenvalue weighted by atomic mass is 10.00. The number of nitrogens with one attached hydrogen (secondary N) is 1. The molecular formula is C14H22N4. The van der Waals surface area contributed by atoms with Crippen molar-refractivity contribution in [1.29, 1.82) is 0 Å². The van der Waals surface area contributed by atoms with E-state index < -0.39 is 0 Å². The van der Waals surface area contributed by atoms with Crippen LogP contribution in [0.2, 0.25) is 0 Å². The molecule has 2 aliphatic rings. The van der Waals surface area contributed by atoms with E-state index in [9.17, 15) is 0 Å². The van der Waals surface area contributed by atoms with Gasteiger partial charge < -0.3 is 10.2 Å². The molecule has 0 saturated carbocycles. The summed E-state index contributed by atoms with van der Waals surface area (Å²) in [5, 5.41) is 3.42. The Morgan fingerprint density at radius 1 is 1.22 bits per heavy atom. The maximum atomic E-state index is 4.80. The minimum atomic E-state index is 0.853. The number of piperidine rings is 1. The van der Waals surface area contributed by atoms with Crippen LogP contribution in [0.15, 0.2) is 6.20 Å². The molecule has 1 fully saturated rings. The smallest absolute Gasteiger partial charge is 0.225 e. The van der Waals surface area contributed by atoms with Crippen LogP contribution in [0.5, 0.6) is 0 Å². The van der Waals surface area contributed by atoms with Crippen molar-refractivity contribution in [2.45, 2.75) is 32.6 Å². The van der Waals surface area contributed by atoms with Gasteiger partial charge in [-0.3, -0.25) is 0 Å². The van der Waals surface area contributed by atoms with Crippen LogP contribution < -0.4 is 10.2 Å². The number of hydrogen-bond acceptors (Lipinski definition) is 4. The minimum Gasteiger partial charge on any atom is -0.341 e. The summed E-state index contributed by atoms with van der Waals surface area (Å²) in [5.74, 6) is 1.80. The zero-order chi connectivity index (χ0) is 12.4. The Labute approximate surface area is 109 Å². The standard InChI is InChI=1S/C14H22N4/c1-11-4-8-18(9-5-11)14-16-10-12-2-6-15-7-3-13(12)17-14/h10-11,15H,2-9H2,1H3. The molecule has 1 aromatic heterocycles. The van der Waals surface area contributed by atoms with E-state index in [-0.39, 0.29) is 0 Å². The number of nitrogens with zero attached hydrogens (tertiary/aromatic N) is 3. The van der Waals surface area contributed by atoms with Crippen molar-refractivity contribution in [2.75, 3.05) is 31.1 Å². The number of anilines is 1. The molecule has 0 amide bonds. The summed E-state index contributed by atoms with van der Waals surface area (Å²) < 4.78 is 0. The third-order valence-corrected chi connectivity index (χ3v) is 4.12. The van der Waals surface area contributed by atoms with Crippen molar-refractivity contribution >= 4 is 5.95 Å². The van der Waals surface area contributed by atoms with Crippen molar-refractivity contribution in [2.24, 2.45) is 5.92 Å². The molecule has 0 aromatic carbocycles.